The number of hydrogen-bond acceptors (Lipinski definition) is 4. The van der Waals surface area contributed by atoms with Crippen molar-refractivity contribution in [2.24, 2.45) is 5.92 Å². The zero-order chi connectivity index (χ0) is 12.4. The average Bonchev–Trinajstić information content (AvgIpc) is 2.33. The molecular weight excluding hydrogens is 280 g/mol. The van der Waals surface area contributed by atoms with E-state index in [1.807, 2.05) is 7.05 Å². The first kappa shape index (κ1) is 12.6. The van der Waals surface area contributed by atoms with Crippen molar-refractivity contribution in [2.45, 2.75) is 32.7 Å². The van der Waals surface area contributed by atoms with Gasteiger partial charge in [0.15, 0.2) is 0 Å². The molecule has 4 nitrogen and oxygen atoms in total. The summed E-state index contributed by atoms with van der Waals surface area (Å²) in [6.07, 6.45) is 4.16. The highest BCUT2D eigenvalue weighted by atomic mass is 79.9. The van der Waals surface area contributed by atoms with Crippen LogP contribution >= 0.6 is 15.9 Å². The number of rotatable bonds is 2. The largest absolute Gasteiger partial charge is 0.372 e. The summed E-state index contributed by atoms with van der Waals surface area (Å²) in [7, 11) is 1.87. The monoisotopic (exact) mass is 298 g/mol. The Labute approximate surface area is 111 Å². The first-order chi connectivity index (χ1) is 8.13. The van der Waals surface area contributed by atoms with Crippen molar-refractivity contribution < 1.29 is 0 Å². The van der Waals surface area contributed by atoms with E-state index < -0.39 is 0 Å². The van der Waals surface area contributed by atoms with Gasteiger partial charge in [0.25, 0.3) is 0 Å². The third-order valence-corrected chi connectivity index (χ3v) is 4.13. The van der Waals surface area contributed by atoms with E-state index in [1.165, 1.54) is 12.8 Å². The smallest absolute Gasteiger partial charge is 0.148 e. The van der Waals surface area contributed by atoms with Crippen LogP contribution in [0.2, 0.25) is 0 Å². The van der Waals surface area contributed by atoms with Gasteiger partial charge in [-0.2, -0.15) is 0 Å². The van der Waals surface area contributed by atoms with Gasteiger partial charge in [0.1, 0.15) is 22.4 Å². The minimum absolute atomic E-state index is 0.544. The molecule has 0 amide bonds. The summed E-state index contributed by atoms with van der Waals surface area (Å²) in [5.41, 5.74) is 0. The Morgan fingerprint density at radius 2 is 2.12 bits per heavy atom. The second-order valence-electron chi connectivity index (χ2n) is 4.79. The highest BCUT2D eigenvalue weighted by Crippen LogP contribution is 2.34. The van der Waals surface area contributed by atoms with Gasteiger partial charge < -0.3 is 10.2 Å². The normalized spacial score (nSPS) is 24.8. The van der Waals surface area contributed by atoms with Gasteiger partial charge in [0.05, 0.1) is 0 Å². The summed E-state index contributed by atoms with van der Waals surface area (Å²) in [6.45, 7) is 5.63. The Bertz CT molecular complexity index is 396. The molecule has 0 saturated carbocycles. The third kappa shape index (κ3) is 2.54. The van der Waals surface area contributed by atoms with E-state index in [1.54, 1.807) is 6.33 Å². The number of hydrogen-bond donors (Lipinski definition) is 1. The number of anilines is 2. The molecule has 2 unspecified atom stereocenters. The first-order valence-electron chi connectivity index (χ1n) is 6.08. The molecule has 2 heterocycles. The number of nitrogens with zero attached hydrogens (tertiary/aromatic N) is 3. The second kappa shape index (κ2) is 5.21. The van der Waals surface area contributed by atoms with Crippen LogP contribution < -0.4 is 10.2 Å². The van der Waals surface area contributed by atoms with Crippen LogP contribution in [-0.4, -0.2) is 29.6 Å². The zero-order valence-corrected chi connectivity index (χ0v) is 12.2. The quantitative estimate of drug-likeness (QED) is 0.911. The van der Waals surface area contributed by atoms with E-state index in [0.717, 1.165) is 28.6 Å². The molecule has 17 heavy (non-hydrogen) atoms. The SMILES string of the molecule is CNc1ncnc(N2CC(C)CCC2C)c1Br. The zero-order valence-electron chi connectivity index (χ0n) is 10.6. The lowest BCUT2D eigenvalue weighted by molar-refractivity contribution is 0.387. The van der Waals surface area contributed by atoms with Gasteiger partial charge in [0.2, 0.25) is 0 Å². The number of piperidine rings is 1. The van der Waals surface area contributed by atoms with E-state index in [4.69, 9.17) is 0 Å². The maximum Gasteiger partial charge on any atom is 0.148 e. The number of halogens is 1. The van der Waals surface area contributed by atoms with E-state index >= 15 is 0 Å². The Morgan fingerprint density at radius 3 is 2.82 bits per heavy atom. The molecule has 1 fully saturated rings. The average molecular weight is 299 g/mol. The van der Waals surface area contributed by atoms with Crippen molar-refractivity contribution in [1.82, 2.24) is 9.97 Å². The molecule has 94 valence electrons. The fourth-order valence-electron chi connectivity index (χ4n) is 2.32. The molecule has 5 heteroatoms. The topological polar surface area (TPSA) is 41.1 Å². The molecule has 1 saturated heterocycles. The summed E-state index contributed by atoms with van der Waals surface area (Å²) < 4.78 is 0.962. The molecule has 2 atom stereocenters. The molecule has 0 spiro atoms. The molecule has 0 radical (unpaired) electrons. The minimum Gasteiger partial charge on any atom is -0.372 e. The van der Waals surface area contributed by atoms with Crippen LogP contribution in [0.3, 0.4) is 0 Å². The predicted octanol–water partition coefficient (Wildman–Crippen LogP) is 2.91. The second-order valence-corrected chi connectivity index (χ2v) is 5.59. The molecule has 0 bridgehead atoms. The maximum absolute atomic E-state index is 4.42. The van der Waals surface area contributed by atoms with Crippen LogP contribution in [0.25, 0.3) is 0 Å². The van der Waals surface area contributed by atoms with Gasteiger partial charge in [-0.3, -0.25) is 0 Å². The van der Waals surface area contributed by atoms with Gasteiger partial charge in [-0.05, 0) is 41.6 Å². The lowest BCUT2D eigenvalue weighted by Gasteiger charge is -2.38. The Kier molecular flexibility index (Phi) is 3.86. The standard InChI is InChI=1S/C12H19BrN4/c1-8-4-5-9(2)17(6-8)12-10(13)11(14-3)15-7-16-12/h7-9H,4-6H2,1-3H3,(H,14,15,16). The lowest BCUT2D eigenvalue weighted by Crippen LogP contribution is -2.41. The van der Waals surface area contributed by atoms with Gasteiger partial charge in [-0.25, -0.2) is 9.97 Å². The lowest BCUT2D eigenvalue weighted by atomic mass is 9.95. The van der Waals surface area contributed by atoms with E-state index in [-0.39, 0.29) is 0 Å². The van der Waals surface area contributed by atoms with E-state index in [9.17, 15) is 0 Å². The summed E-state index contributed by atoms with van der Waals surface area (Å²) in [4.78, 5) is 11.0. The Morgan fingerprint density at radius 1 is 1.35 bits per heavy atom. The maximum atomic E-state index is 4.42. The van der Waals surface area contributed by atoms with Crippen molar-refractivity contribution >= 4 is 27.6 Å². The fourth-order valence-corrected chi connectivity index (χ4v) is 2.95. The predicted molar refractivity (Wildman–Crippen MR) is 74.5 cm³/mol. The van der Waals surface area contributed by atoms with E-state index in [2.05, 4.69) is 50.0 Å². The van der Waals surface area contributed by atoms with Crippen LogP contribution in [0.5, 0.6) is 0 Å². The van der Waals surface area contributed by atoms with Crippen LogP contribution in [-0.2, 0) is 0 Å². The van der Waals surface area contributed by atoms with Gasteiger partial charge in [-0.15, -0.1) is 0 Å². The minimum atomic E-state index is 0.544. The van der Waals surface area contributed by atoms with Gasteiger partial charge in [-0.1, -0.05) is 6.92 Å². The molecule has 1 aliphatic rings. The van der Waals surface area contributed by atoms with Crippen molar-refractivity contribution in [1.29, 1.82) is 0 Å². The molecule has 1 aromatic heterocycles. The first-order valence-corrected chi connectivity index (χ1v) is 6.87. The molecule has 1 N–H and O–H groups in total. The highest BCUT2D eigenvalue weighted by molar-refractivity contribution is 9.10. The third-order valence-electron chi connectivity index (χ3n) is 3.40. The van der Waals surface area contributed by atoms with Crippen LogP contribution in [0.15, 0.2) is 10.8 Å². The molecule has 2 rings (SSSR count). The van der Waals surface area contributed by atoms with Crippen molar-refractivity contribution in [3.05, 3.63) is 10.8 Å². The van der Waals surface area contributed by atoms with E-state index in [0.29, 0.717) is 6.04 Å². The molecular formula is C12H19BrN4. The van der Waals surface area contributed by atoms with Crippen molar-refractivity contribution in [3.8, 4) is 0 Å². The molecule has 1 aromatic rings. The summed E-state index contributed by atoms with van der Waals surface area (Å²) in [5.74, 6) is 2.58. The van der Waals surface area contributed by atoms with Gasteiger partial charge in [0, 0.05) is 19.6 Å². The highest BCUT2D eigenvalue weighted by Gasteiger charge is 2.26. The Hall–Kier alpha value is -0.840. The Balaban J connectivity index is 2.32. The van der Waals surface area contributed by atoms with Crippen LogP contribution in [0, 0.1) is 5.92 Å². The van der Waals surface area contributed by atoms with Crippen LogP contribution in [0.4, 0.5) is 11.6 Å². The molecule has 0 aromatic carbocycles. The molecule has 1 aliphatic heterocycles. The van der Waals surface area contributed by atoms with Crippen molar-refractivity contribution in [3.63, 3.8) is 0 Å². The number of nitrogens with one attached hydrogen (secondary N) is 1. The van der Waals surface area contributed by atoms with Crippen LogP contribution in [0.1, 0.15) is 26.7 Å². The fraction of sp³-hybridized carbons (Fsp3) is 0.667. The number of aromatic nitrogens is 2. The van der Waals surface area contributed by atoms with Crippen molar-refractivity contribution in [2.75, 3.05) is 23.8 Å². The van der Waals surface area contributed by atoms with Gasteiger partial charge >= 0.3 is 0 Å². The molecule has 0 aliphatic carbocycles. The summed E-state index contributed by atoms with van der Waals surface area (Å²) in [6, 6.07) is 0.544. The summed E-state index contributed by atoms with van der Waals surface area (Å²) in [5, 5.41) is 3.08. The summed E-state index contributed by atoms with van der Waals surface area (Å²) >= 11 is 3.60.